The summed E-state index contributed by atoms with van der Waals surface area (Å²) in [5.74, 6) is 0. The number of nitrogens with zero attached hydrogens (tertiary/aromatic N) is 2. The summed E-state index contributed by atoms with van der Waals surface area (Å²) in [7, 11) is 0. The van der Waals surface area contributed by atoms with Crippen molar-refractivity contribution in [3.63, 3.8) is 0 Å². The first-order valence-electron chi connectivity index (χ1n) is 6.84. The Balaban J connectivity index is 2.32. The van der Waals surface area contributed by atoms with Gasteiger partial charge in [0.1, 0.15) is 0 Å². The molecule has 0 aliphatic heterocycles. The number of rotatable bonds is 0. The third kappa shape index (κ3) is 1.00. The number of hydrogen-bond donors (Lipinski definition) is 0. The summed E-state index contributed by atoms with van der Waals surface area (Å²) >= 11 is 0. The highest BCUT2D eigenvalue weighted by Gasteiger charge is 2.17. The second kappa shape index (κ2) is 3.28. The normalized spacial score (nSPS) is 12.2. The van der Waals surface area contributed by atoms with Gasteiger partial charge in [-0.2, -0.15) is 0 Å². The maximum absolute atomic E-state index is 4.37. The number of para-hydroxylation sites is 2. The summed E-state index contributed by atoms with van der Waals surface area (Å²) in [4.78, 5) is 4.37. The highest BCUT2D eigenvalue weighted by atomic mass is 14.9. The third-order valence-electron chi connectivity index (χ3n) is 4.31. The van der Waals surface area contributed by atoms with E-state index in [1.54, 1.807) is 0 Å². The third-order valence-corrected chi connectivity index (χ3v) is 4.31. The number of fused-ring (bicyclic) bond motifs is 6. The fourth-order valence-corrected chi connectivity index (χ4v) is 3.52. The smallest absolute Gasteiger partial charge is 0.0621 e. The minimum Gasteiger partial charge on any atom is -0.308 e. The number of pyridine rings is 1. The van der Waals surface area contributed by atoms with Crippen molar-refractivity contribution in [3.05, 3.63) is 60.4 Å². The molecular weight excluding hydrogens is 244 g/mol. The predicted molar refractivity (Wildman–Crippen MR) is 83.6 cm³/mol. The van der Waals surface area contributed by atoms with Gasteiger partial charge in [-0.15, -0.1) is 0 Å². The summed E-state index contributed by atoms with van der Waals surface area (Å²) in [6.07, 6.45) is 3.93. The van der Waals surface area contributed by atoms with Crippen molar-refractivity contribution in [3.8, 4) is 0 Å². The van der Waals surface area contributed by atoms with E-state index in [1.165, 1.54) is 43.7 Å². The van der Waals surface area contributed by atoms with Crippen LogP contribution in [0.2, 0.25) is 0 Å². The Hall–Kier alpha value is -2.61. The molecule has 0 saturated heterocycles. The molecule has 0 spiro atoms. The molecular formula is C18H12N2. The first-order chi connectivity index (χ1) is 9.86. The van der Waals surface area contributed by atoms with Gasteiger partial charge in [0.05, 0.1) is 16.6 Å². The minimum atomic E-state index is 1.22. The van der Waals surface area contributed by atoms with Gasteiger partial charge in [0.15, 0.2) is 0 Å². The van der Waals surface area contributed by atoms with E-state index in [0.29, 0.717) is 0 Å². The lowest BCUT2D eigenvalue weighted by molar-refractivity contribution is 1.27. The van der Waals surface area contributed by atoms with Gasteiger partial charge in [-0.25, -0.2) is 0 Å². The Morgan fingerprint density at radius 1 is 0.750 bits per heavy atom. The zero-order valence-corrected chi connectivity index (χ0v) is 11.1. The van der Waals surface area contributed by atoms with Gasteiger partial charge in [0.2, 0.25) is 0 Å². The zero-order valence-electron chi connectivity index (χ0n) is 11.1. The summed E-state index contributed by atoms with van der Waals surface area (Å²) in [6, 6.07) is 15.2. The van der Waals surface area contributed by atoms with Crippen LogP contribution in [0.1, 0.15) is 5.56 Å². The average Bonchev–Trinajstić information content (AvgIpc) is 3.00. The van der Waals surface area contributed by atoms with Crippen LogP contribution < -0.4 is 0 Å². The molecule has 0 bridgehead atoms. The van der Waals surface area contributed by atoms with Crippen LogP contribution in [-0.2, 0) is 0 Å². The molecule has 3 aromatic heterocycles. The van der Waals surface area contributed by atoms with E-state index in [9.17, 15) is 0 Å². The molecule has 3 heterocycles. The van der Waals surface area contributed by atoms with Crippen LogP contribution in [-0.4, -0.2) is 9.38 Å². The molecule has 0 N–H and O–H groups in total. The van der Waals surface area contributed by atoms with Crippen LogP contribution in [0, 0.1) is 6.92 Å². The molecule has 5 rings (SSSR count). The Bertz CT molecular complexity index is 1100. The van der Waals surface area contributed by atoms with Crippen LogP contribution in [0.5, 0.6) is 0 Å². The molecule has 0 amide bonds. The molecule has 20 heavy (non-hydrogen) atoms. The summed E-state index contributed by atoms with van der Waals surface area (Å²) in [5, 5.41) is 5.20. The molecule has 0 atom stereocenters. The minimum absolute atomic E-state index is 1.22. The van der Waals surface area contributed by atoms with Crippen LogP contribution in [0.4, 0.5) is 0 Å². The van der Waals surface area contributed by atoms with Gasteiger partial charge in [-0.3, -0.25) is 4.98 Å². The van der Waals surface area contributed by atoms with Gasteiger partial charge in [0, 0.05) is 33.9 Å². The number of aromatic nitrogens is 2. The molecule has 2 aromatic carbocycles. The van der Waals surface area contributed by atoms with Crippen molar-refractivity contribution in [1.29, 1.82) is 0 Å². The van der Waals surface area contributed by atoms with Crippen LogP contribution in [0.25, 0.3) is 38.1 Å². The lowest BCUT2D eigenvalue weighted by atomic mass is 10.1. The van der Waals surface area contributed by atoms with Crippen LogP contribution in [0.3, 0.4) is 0 Å². The topological polar surface area (TPSA) is 17.3 Å². The van der Waals surface area contributed by atoms with E-state index in [-0.39, 0.29) is 0 Å². The standard InChI is InChI=1S/C18H12N2/c1-11-9-19-10-15-14-7-4-6-13-12-5-2-3-8-16(12)20(17(11)15)18(13)14/h2-10H,1H3. The molecule has 0 aliphatic carbocycles. The van der Waals surface area contributed by atoms with Crippen molar-refractivity contribution in [1.82, 2.24) is 9.38 Å². The van der Waals surface area contributed by atoms with Crippen molar-refractivity contribution < 1.29 is 0 Å². The van der Waals surface area contributed by atoms with Gasteiger partial charge in [-0.1, -0.05) is 36.4 Å². The van der Waals surface area contributed by atoms with E-state index in [4.69, 9.17) is 0 Å². The van der Waals surface area contributed by atoms with Gasteiger partial charge in [-0.05, 0) is 18.6 Å². The lowest BCUT2D eigenvalue weighted by Crippen LogP contribution is -1.85. The molecule has 0 fully saturated rings. The Labute approximate surface area is 115 Å². The second-order valence-corrected chi connectivity index (χ2v) is 5.41. The highest BCUT2D eigenvalue weighted by molar-refractivity contribution is 6.23. The number of hydrogen-bond acceptors (Lipinski definition) is 1. The van der Waals surface area contributed by atoms with E-state index in [1.807, 2.05) is 12.4 Å². The first-order valence-corrected chi connectivity index (χ1v) is 6.84. The van der Waals surface area contributed by atoms with E-state index in [0.717, 1.165) is 0 Å². The fourth-order valence-electron chi connectivity index (χ4n) is 3.52. The lowest BCUT2D eigenvalue weighted by Gasteiger charge is -1.99. The largest absolute Gasteiger partial charge is 0.308 e. The van der Waals surface area contributed by atoms with Crippen LogP contribution in [0.15, 0.2) is 54.9 Å². The van der Waals surface area contributed by atoms with Gasteiger partial charge < -0.3 is 4.40 Å². The monoisotopic (exact) mass is 256 g/mol. The summed E-state index contributed by atoms with van der Waals surface area (Å²) in [5.41, 5.74) is 5.11. The molecule has 5 aromatic rings. The van der Waals surface area contributed by atoms with Crippen molar-refractivity contribution in [2.24, 2.45) is 0 Å². The van der Waals surface area contributed by atoms with Crippen molar-refractivity contribution in [2.75, 3.05) is 0 Å². The van der Waals surface area contributed by atoms with E-state index >= 15 is 0 Å². The Morgan fingerprint density at radius 3 is 2.40 bits per heavy atom. The molecule has 0 unspecified atom stereocenters. The predicted octanol–water partition coefficient (Wildman–Crippen LogP) is 4.54. The fraction of sp³-hybridized carbons (Fsp3) is 0.0556. The highest BCUT2D eigenvalue weighted by Crippen LogP contribution is 2.39. The van der Waals surface area contributed by atoms with E-state index < -0.39 is 0 Å². The molecule has 0 saturated carbocycles. The van der Waals surface area contributed by atoms with Crippen molar-refractivity contribution in [2.45, 2.75) is 6.92 Å². The zero-order chi connectivity index (χ0) is 13.3. The van der Waals surface area contributed by atoms with Gasteiger partial charge >= 0.3 is 0 Å². The SMILES string of the molecule is Cc1cncc2c3cccc4c5ccccc5n(c12)c43. The van der Waals surface area contributed by atoms with E-state index in [2.05, 4.69) is 58.8 Å². The first kappa shape index (κ1) is 10.2. The quantitative estimate of drug-likeness (QED) is 0.397. The Kier molecular flexibility index (Phi) is 1.68. The maximum Gasteiger partial charge on any atom is 0.0621 e. The molecule has 0 aliphatic rings. The average molecular weight is 256 g/mol. The molecule has 94 valence electrons. The summed E-state index contributed by atoms with van der Waals surface area (Å²) < 4.78 is 2.40. The van der Waals surface area contributed by atoms with Crippen molar-refractivity contribution >= 4 is 38.1 Å². The number of aryl methyl sites for hydroxylation is 1. The Morgan fingerprint density at radius 2 is 1.50 bits per heavy atom. The molecule has 2 nitrogen and oxygen atoms in total. The second-order valence-electron chi connectivity index (χ2n) is 5.41. The summed E-state index contributed by atoms with van der Waals surface area (Å²) in [6.45, 7) is 2.14. The number of benzene rings is 2. The maximum atomic E-state index is 4.37. The van der Waals surface area contributed by atoms with Crippen LogP contribution >= 0.6 is 0 Å². The molecule has 0 radical (unpaired) electrons. The van der Waals surface area contributed by atoms with Gasteiger partial charge in [0.25, 0.3) is 0 Å². The molecule has 2 heteroatoms.